The molecule has 1 atom stereocenters. The van der Waals surface area contributed by atoms with Crippen LogP contribution in [-0.2, 0) is 4.79 Å². The van der Waals surface area contributed by atoms with Gasteiger partial charge in [-0.05, 0) is 38.8 Å². The molecule has 0 saturated carbocycles. The normalized spacial score (nSPS) is 13.2. The van der Waals surface area contributed by atoms with Crippen LogP contribution in [0.2, 0.25) is 0 Å². The van der Waals surface area contributed by atoms with E-state index in [1.165, 1.54) is 0 Å². The first kappa shape index (κ1) is 16.7. The maximum atomic E-state index is 12.5. The van der Waals surface area contributed by atoms with Crippen LogP contribution in [0.3, 0.4) is 0 Å². The van der Waals surface area contributed by atoms with Gasteiger partial charge in [-0.15, -0.1) is 0 Å². The maximum absolute atomic E-state index is 12.5. The molecular formula is C15H21Br2NO. The molecule has 0 aliphatic heterocycles. The summed E-state index contributed by atoms with van der Waals surface area (Å²) in [5.74, 6) is 0.123. The number of nitrogens with zero attached hydrogens (tertiary/aromatic N) is 1. The molecule has 0 radical (unpaired) electrons. The van der Waals surface area contributed by atoms with Crippen LogP contribution in [0.25, 0.3) is 0 Å². The quantitative estimate of drug-likeness (QED) is 0.653. The van der Waals surface area contributed by atoms with Crippen molar-refractivity contribution in [3.05, 3.63) is 34.3 Å². The Kier molecular flexibility index (Phi) is 6.06. The number of carbonyl (C=O) groups is 1. The molecule has 0 bridgehead atoms. The molecule has 1 aromatic rings. The third-order valence-electron chi connectivity index (χ3n) is 3.06. The van der Waals surface area contributed by atoms with E-state index in [0.717, 1.165) is 23.0 Å². The molecule has 1 rings (SSSR count). The Bertz CT molecular complexity index is 440. The molecule has 19 heavy (non-hydrogen) atoms. The van der Waals surface area contributed by atoms with Gasteiger partial charge in [0, 0.05) is 11.0 Å². The average molecular weight is 391 g/mol. The van der Waals surface area contributed by atoms with E-state index in [1.54, 1.807) is 0 Å². The van der Waals surface area contributed by atoms with Crippen LogP contribution in [0, 0.1) is 0 Å². The molecule has 1 aromatic carbocycles. The lowest BCUT2D eigenvalue weighted by molar-refractivity contribution is -0.135. The fourth-order valence-electron chi connectivity index (χ4n) is 2.04. The Hall–Kier alpha value is -0.350. The van der Waals surface area contributed by atoms with Gasteiger partial charge in [-0.2, -0.15) is 0 Å². The highest BCUT2D eigenvalue weighted by molar-refractivity contribution is 9.10. The van der Waals surface area contributed by atoms with Gasteiger partial charge in [0.25, 0.3) is 0 Å². The van der Waals surface area contributed by atoms with Crippen LogP contribution < -0.4 is 0 Å². The number of rotatable bonds is 5. The number of hydrogen-bond donors (Lipinski definition) is 0. The molecule has 1 unspecified atom stereocenters. The first-order valence-electron chi connectivity index (χ1n) is 6.53. The zero-order valence-electron chi connectivity index (χ0n) is 11.9. The van der Waals surface area contributed by atoms with E-state index in [1.807, 2.05) is 36.9 Å². The minimum Gasteiger partial charge on any atom is -0.335 e. The van der Waals surface area contributed by atoms with Gasteiger partial charge in [0.2, 0.25) is 5.91 Å². The third-order valence-corrected chi connectivity index (χ3v) is 4.12. The number of carbonyl (C=O) groups excluding carboxylic acids is 1. The van der Waals surface area contributed by atoms with Gasteiger partial charge in [-0.25, -0.2) is 0 Å². The summed E-state index contributed by atoms with van der Waals surface area (Å²) in [6.07, 6.45) is 0.948. The summed E-state index contributed by atoms with van der Waals surface area (Å²) in [5, 5.41) is 0. The predicted molar refractivity (Wildman–Crippen MR) is 87.6 cm³/mol. The number of benzene rings is 1. The molecule has 2 nitrogen and oxygen atoms in total. The third kappa shape index (κ3) is 4.32. The SMILES string of the molecule is CCCN(C(=O)C(C)(C)Br)C(C)c1ccccc1Br. The highest BCUT2D eigenvalue weighted by Gasteiger charge is 2.32. The molecule has 0 saturated heterocycles. The predicted octanol–water partition coefficient (Wildman–Crippen LogP) is 4.92. The number of hydrogen-bond acceptors (Lipinski definition) is 1. The van der Waals surface area contributed by atoms with Crippen LogP contribution >= 0.6 is 31.9 Å². The fraction of sp³-hybridized carbons (Fsp3) is 0.533. The Labute approximate surface area is 132 Å². The number of amides is 1. The molecule has 4 heteroatoms. The van der Waals surface area contributed by atoms with Crippen molar-refractivity contribution >= 4 is 37.8 Å². The second kappa shape index (κ2) is 6.89. The molecule has 0 N–H and O–H groups in total. The van der Waals surface area contributed by atoms with Crippen molar-refractivity contribution < 1.29 is 4.79 Å². The highest BCUT2D eigenvalue weighted by Crippen LogP contribution is 2.31. The maximum Gasteiger partial charge on any atom is 0.239 e. The first-order chi connectivity index (χ1) is 8.79. The fourth-order valence-corrected chi connectivity index (χ4v) is 2.88. The van der Waals surface area contributed by atoms with Crippen molar-refractivity contribution in [3.63, 3.8) is 0 Å². The summed E-state index contributed by atoms with van der Waals surface area (Å²) in [6, 6.07) is 8.12. The van der Waals surface area contributed by atoms with E-state index >= 15 is 0 Å². The molecule has 0 aliphatic rings. The smallest absolute Gasteiger partial charge is 0.239 e. The largest absolute Gasteiger partial charge is 0.335 e. The number of alkyl halides is 1. The monoisotopic (exact) mass is 389 g/mol. The van der Waals surface area contributed by atoms with Crippen LogP contribution in [0.4, 0.5) is 0 Å². The first-order valence-corrected chi connectivity index (χ1v) is 8.12. The van der Waals surface area contributed by atoms with E-state index in [-0.39, 0.29) is 11.9 Å². The molecule has 0 spiro atoms. The standard InChI is InChI=1S/C15H21Br2NO/c1-5-10-18(14(19)15(3,4)17)11(2)12-8-6-7-9-13(12)16/h6-9,11H,5,10H2,1-4H3. The Balaban J connectivity index is 3.06. The average Bonchev–Trinajstić information content (AvgIpc) is 2.34. The minimum atomic E-state index is -0.530. The van der Waals surface area contributed by atoms with Crippen molar-refractivity contribution in [2.45, 2.75) is 44.5 Å². The molecule has 0 fully saturated rings. The lowest BCUT2D eigenvalue weighted by atomic mass is 10.0. The lowest BCUT2D eigenvalue weighted by Crippen LogP contribution is -2.43. The van der Waals surface area contributed by atoms with Crippen molar-refractivity contribution in [1.82, 2.24) is 4.90 Å². The van der Waals surface area contributed by atoms with Gasteiger partial charge >= 0.3 is 0 Å². The van der Waals surface area contributed by atoms with E-state index in [2.05, 4.69) is 51.8 Å². The van der Waals surface area contributed by atoms with E-state index in [0.29, 0.717) is 0 Å². The van der Waals surface area contributed by atoms with Gasteiger partial charge in [0.1, 0.15) is 0 Å². The molecule has 0 aromatic heterocycles. The van der Waals surface area contributed by atoms with E-state index in [9.17, 15) is 4.79 Å². The lowest BCUT2D eigenvalue weighted by Gasteiger charge is -2.34. The minimum absolute atomic E-state index is 0.0554. The van der Waals surface area contributed by atoms with Crippen molar-refractivity contribution in [2.24, 2.45) is 0 Å². The van der Waals surface area contributed by atoms with E-state index < -0.39 is 4.32 Å². The Morgan fingerprint density at radius 1 is 1.37 bits per heavy atom. The second-order valence-corrected chi connectivity index (χ2v) is 8.01. The van der Waals surface area contributed by atoms with E-state index in [4.69, 9.17) is 0 Å². The van der Waals surface area contributed by atoms with Gasteiger partial charge in [0.05, 0.1) is 10.4 Å². The van der Waals surface area contributed by atoms with Gasteiger partial charge in [0.15, 0.2) is 0 Å². The summed E-state index contributed by atoms with van der Waals surface area (Å²) in [6.45, 7) is 8.71. The zero-order valence-corrected chi connectivity index (χ0v) is 15.1. The highest BCUT2D eigenvalue weighted by atomic mass is 79.9. The van der Waals surface area contributed by atoms with Crippen molar-refractivity contribution in [1.29, 1.82) is 0 Å². The van der Waals surface area contributed by atoms with Crippen LogP contribution in [0.1, 0.15) is 45.7 Å². The van der Waals surface area contributed by atoms with Crippen LogP contribution in [-0.4, -0.2) is 21.7 Å². The summed E-state index contributed by atoms with van der Waals surface area (Å²) in [5.41, 5.74) is 1.14. The van der Waals surface area contributed by atoms with Gasteiger partial charge in [-0.3, -0.25) is 4.79 Å². The zero-order chi connectivity index (χ0) is 14.6. The molecule has 0 heterocycles. The number of halogens is 2. The van der Waals surface area contributed by atoms with Crippen LogP contribution in [0.5, 0.6) is 0 Å². The molecular weight excluding hydrogens is 370 g/mol. The van der Waals surface area contributed by atoms with Gasteiger partial charge < -0.3 is 4.90 Å². The van der Waals surface area contributed by atoms with Crippen molar-refractivity contribution in [2.75, 3.05) is 6.54 Å². The van der Waals surface area contributed by atoms with Gasteiger partial charge in [-0.1, -0.05) is 57.0 Å². The second-order valence-electron chi connectivity index (χ2n) is 5.17. The Morgan fingerprint density at radius 3 is 2.42 bits per heavy atom. The summed E-state index contributed by atoms with van der Waals surface area (Å²) in [4.78, 5) is 14.5. The molecule has 0 aliphatic carbocycles. The summed E-state index contributed by atoms with van der Waals surface area (Å²) in [7, 11) is 0. The topological polar surface area (TPSA) is 20.3 Å². The Morgan fingerprint density at radius 2 is 1.95 bits per heavy atom. The molecule has 106 valence electrons. The molecule has 1 amide bonds. The summed E-state index contributed by atoms with van der Waals surface area (Å²) < 4.78 is 0.515. The van der Waals surface area contributed by atoms with Crippen molar-refractivity contribution in [3.8, 4) is 0 Å². The van der Waals surface area contributed by atoms with Crippen LogP contribution in [0.15, 0.2) is 28.7 Å². The summed E-state index contributed by atoms with van der Waals surface area (Å²) >= 11 is 7.04.